The highest BCUT2D eigenvalue weighted by Gasteiger charge is 2.24. The minimum atomic E-state index is 0.0968. The van der Waals surface area contributed by atoms with Crippen LogP contribution in [0.2, 0.25) is 0 Å². The zero-order chi connectivity index (χ0) is 17.1. The molecule has 5 heteroatoms. The largest absolute Gasteiger partial charge is 0.338 e. The second kappa shape index (κ2) is 7.30. The Balaban J connectivity index is 1.18. The van der Waals surface area contributed by atoms with E-state index in [1.807, 2.05) is 23.6 Å². The molecule has 2 aliphatic rings. The lowest BCUT2D eigenvalue weighted by atomic mass is 10.0. The third-order valence-electron chi connectivity index (χ3n) is 5.66. The van der Waals surface area contributed by atoms with Crippen molar-refractivity contribution in [3.63, 3.8) is 0 Å². The third kappa shape index (κ3) is 3.70. The van der Waals surface area contributed by atoms with Crippen LogP contribution in [0.25, 0.3) is 0 Å². The normalized spacial score (nSPS) is 18.3. The van der Waals surface area contributed by atoms with Crippen LogP contribution in [-0.4, -0.2) is 40.1 Å². The van der Waals surface area contributed by atoms with Crippen molar-refractivity contribution in [2.24, 2.45) is 5.92 Å². The lowest BCUT2D eigenvalue weighted by Gasteiger charge is -2.32. The molecular weight excluding hydrogens is 312 g/mol. The molecule has 2 heterocycles. The van der Waals surface area contributed by atoms with Gasteiger partial charge in [0, 0.05) is 38.1 Å². The van der Waals surface area contributed by atoms with Gasteiger partial charge in [-0.25, -0.2) is 9.78 Å². The predicted molar refractivity (Wildman–Crippen MR) is 97.4 cm³/mol. The topological polar surface area (TPSA) is 50.2 Å². The van der Waals surface area contributed by atoms with Crippen molar-refractivity contribution in [2.75, 3.05) is 19.6 Å². The molecule has 1 aromatic carbocycles. The number of piperidine rings is 1. The van der Waals surface area contributed by atoms with E-state index >= 15 is 0 Å². The quantitative estimate of drug-likeness (QED) is 0.931. The molecule has 4 rings (SSSR count). The molecular formula is C20H26N4O. The molecule has 0 atom stereocenters. The number of likely N-dealkylation sites (tertiary alicyclic amines) is 1. The van der Waals surface area contributed by atoms with Gasteiger partial charge in [-0.3, -0.25) is 0 Å². The molecule has 25 heavy (non-hydrogen) atoms. The molecule has 2 amide bonds. The number of fused-ring (bicyclic) bond motifs is 1. The Morgan fingerprint density at radius 1 is 1.16 bits per heavy atom. The van der Waals surface area contributed by atoms with Gasteiger partial charge < -0.3 is 14.8 Å². The fourth-order valence-corrected chi connectivity index (χ4v) is 4.20. The van der Waals surface area contributed by atoms with E-state index in [-0.39, 0.29) is 6.03 Å². The molecule has 1 saturated heterocycles. The third-order valence-corrected chi connectivity index (χ3v) is 5.66. The molecule has 1 fully saturated rings. The van der Waals surface area contributed by atoms with Crippen LogP contribution in [0.1, 0.15) is 36.4 Å². The van der Waals surface area contributed by atoms with E-state index in [9.17, 15) is 4.79 Å². The van der Waals surface area contributed by atoms with Gasteiger partial charge in [-0.15, -0.1) is 0 Å². The molecule has 0 bridgehead atoms. The lowest BCUT2D eigenvalue weighted by molar-refractivity contribution is 0.171. The Hall–Kier alpha value is -2.30. The summed E-state index contributed by atoms with van der Waals surface area (Å²) in [6.45, 7) is 2.42. The number of imidazole rings is 1. The second-order valence-electron chi connectivity index (χ2n) is 7.29. The van der Waals surface area contributed by atoms with E-state index in [4.69, 9.17) is 0 Å². The van der Waals surface area contributed by atoms with E-state index < -0.39 is 0 Å². The second-order valence-corrected chi connectivity index (χ2v) is 7.29. The summed E-state index contributed by atoms with van der Waals surface area (Å²) in [6.07, 6.45) is 11.1. The summed E-state index contributed by atoms with van der Waals surface area (Å²) in [7, 11) is 0. The van der Waals surface area contributed by atoms with Crippen LogP contribution < -0.4 is 5.32 Å². The number of nitrogens with zero attached hydrogens (tertiary/aromatic N) is 3. The average Bonchev–Trinajstić information content (AvgIpc) is 3.31. The Morgan fingerprint density at radius 2 is 1.88 bits per heavy atom. The fraction of sp³-hybridized carbons (Fsp3) is 0.500. The van der Waals surface area contributed by atoms with Crippen molar-refractivity contribution in [3.8, 4) is 0 Å². The van der Waals surface area contributed by atoms with Gasteiger partial charge in [-0.2, -0.15) is 0 Å². The molecule has 0 saturated carbocycles. The maximum Gasteiger partial charge on any atom is 0.317 e. The van der Waals surface area contributed by atoms with Crippen LogP contribution >= 0.6 is 0 Å². The Kier molecular flexibility index (Phi) is 4.72. The number of nitrogens with one attached hydrogen (secondary N) is 1. The Labute approximate surface area is 149 Å². The van der Waals surface area contributed by atoms with Crippen molar-refractivity contribution < 1.29 is 4.79 Å². The van der Waals surface area contributed by atoms with Gasteiger partial charge in [0.25, 0.3) is 0 Å². The number of carbonyl (C=O) groups is 1. The molecule has 1 aliphatic heterocycles. The van der Waals surface area contributed by atoms with Crippen LogP contribution in [0.4, 0.5) is 4.79 Å². The first-order chi connectivity index (χ1) is 12.3. The van der Waals surface area contributed by atoms with E-state index in [2.05, 4.69) is 39.1 Å². The maximum atomic E-state index is 12.4. The van der Waals surface area contributed by atoms with E-state index in [0.29, 0.717) is 12.0 Å². The maximum absolute atomic E-state index is 12.4. The number of hydrogen-bond donors (Lipinski definition) is 1. The molecule has 0 spiro atoms. The lowest BCUT2D eigenvalue weighted by Crippen LogP contribution is -2.45. The highest BCUT2D eigenvalue weighted by Crippen LogP contribution is 2.28. The fourth-order valence-electron chi connectivity index (χ4n) is 4.20. The number of benzene rings is 1. The van der Waals surface area contributed by atoms with Crippen LogP contribution in [0.5, 0.6) is 0 Å². The molecule has 132 valence electrons. The number of rotatable bonds is 4. The average molecular weight is 338 g/mol. The summed E-state index contributed by atoms with van der Waals surface area (Å²) in [4.78, 5) is 18.4. The number of aromatic nitrogens is 2. The highest BCUT2D eigenvalue weighted by atomic mass is 16.2. The number of urea groups is 1. The summed E-state index contributed by atoms with van der Waals surface area (Å²) >= 11 is 0. The molecule has 0 unspecified atom stereocenters. The summed E-state index contributed by atoms with van der Waals surface area (Å²) in [5.41, 5.74) is 2.97. The predicted octanol–water partition coefficient (Wildman–Crippen LogP) is 3.03. The smallest absolute Gasteiger partial charge is 0.317 e. The van der Waals surface area contributed by atoms with Gasteiger partial charge in [0.05, 0.1) is 6.33 Å². The SMILES string of the molecule is O=C(NCCC1Cc2ccccc2C1)N1CCC(n2ccnc2)CC1. The zero-order valence-corrected chi connectivity index (χ0v) is 14.6. The van der Waals surface area contributed by atoms with Crippen LogP contribution in [0.3, 0.4) is 0 Å². The van der Waals surface area contributed by atoms with E-state index in [0.717, 1.165) is 51.7 Å². The van der Waals surface area contributed by atoms with E-state index in [1.165, 1.54) is 11.1 Å². The summed E-state index contributed by atoms with van der Waals surface area (Å²) in [5, 5.41) is 3.12. The summed E-state index contributed by atoms with van der Waals surface area (Å²) in [6, 6.07) is 9.28. The first kappa shape index (κ1) is 16.2. The van der Waals surface area contributed by atoms with Gasteiger partial charge in [-0.05, 0) is 49.1 Å². The van der Waals surface area contributed by atoms with Crippen molar-refractivity contribution >= 4 is 6.03 Å². The van der Waals surface area contributed by atoms with Crippen LogP contribution in [-0.2, 0) is 12.8 Å². The number of amides is 2. The van der Waals surface area contributed by atoms with Gasteiger partial charge in [0.1, 0.15) is 0 Å². The standard InChI is InChI=1S/C20H26N4O/c25-20(23-10-6-19(7-11-23)24-12-9-21-15-24)22-8-5-16-13-17-3-1-2-4-18(17)14-16/h1-4,9,12,15-16,19H,5-8,10-11,13-14H2,(H,22,25). The molecule has 2 aromatic rings. The van der Waals surface area contributed by atoms with Gasteiger partial charge in [0.2, 0.25) is 0 Å². The van der Waals surface area contributed by atoms with Crippen molar-refractivity contribution in [1.29, 1.82) is 0 Å². The molecule has 1 N–H and O–H groups in total. The minimum Gasteiger partial charge on any atom is -0.338 e. The molecule has 1 aliphatic carbocycles. The molecule has 1 aromatic heterocycles. The number of carbonyl (C=O) groups excluding carboxylic acids is 1. The van der Waals surface area contributed by atoms with Crippen molar-refractivity contribution in [2.45, 2.75) is 38.1 Å². The summed E-state index contributed by atoms with van der Waals surface area (Å²) in [5.74, 6) is 0.671. The van der Waals surface area contributed by atoms with E-state index in [1.54, 1.807) is 0 Å². The van der Waals surface area contributed by atoms with Gasteiger partial charge in [0.15, 0.2) is 0 Å². The molecule has 0 radical (unpaired) electrons. The van der Waals surface area contributed by atoms with Gasteiger partial charge in [-0.1, -0.05) is 24.3 Å². The van der Waals surface area contributed by atoms with Gasteiger partial charge >= 0.3 is 6.03 Å². The summed E-state index contributed by atoms with van der Waals surface area (Å²) < 4.78 is 2.16. The number of hydrogen-bond acceptors (Lipinski definition) is 2. The van der Waals surface area contributed by atoms with Crippen LogP contribution in [0, 0.1) is 5.92 Å². The van der Waals surface area contributed by atoms with Crippen molar-refractivity contribution in [1.82, 2.24) is 19.8 Å². The first-order valence-corrected chi connectivity index (χ1v) is 9.36. The van der Waals surface area contributed by atoms with Crippen molar-refractivity contribution in [3.05, 3.63) is 54.1 Å². The monoisotopic (exact) mass is 338 g/mol. The van der Waals surface area contributed by atoms with Crippen LogP contribution in [0.15, 0.2) is 43.0 Å². The molecule has 5 nitrogen and oxygen atoms in total. The minimum absolute atomic E-state index is 0.0968. The highest BCUT2D eigenvalue weighted by molar-refractivity contribution is 5.74. The Morgan fingerprint density at radius 3 is 2.52 bits per heavy atom. The first-order valence-electron chi connectivity index (χ1n) is 9.36. The Bertz CT molecular complexity index is 679. The zero-order valence-electron chi connectivity index (χ0n) is 14.6.